The maximum absolute atomic E-state index is 12.7. The fourth-order valence-electron chi connectivity index (χ4n) is 2.60. The zero-order valence-electron chi connectivity index (χ0n) is 13.3. The molecular formula is C19H12F3N3O. The number of alkyl halides is 3. The predicted octanol–water partition coefficient (Wildman–Crippen LogP) is 4.34. The number of aromatic amines is 1. The van der Waals surface area contributed by atoms with Crippen LogP contribution in [-0.2, 0) is 6.18 Å². The minimum atomic E-state index is -4.40. The molecule has 0 spiro atoms. The number of nitrogens with zero attached hydrogens (tertiary/aromatic N) is 1. The molecule has 0 atom stereocenters. The topological polar surface area (TPSA) is 82.7 Å². The van der Waals surface area contributed by atoms with Gasteiger partial charge in [-0.15, -0.1) is 0 Å². The second-order valence-corrected chi connectivity index (χ2v) is 5.60. The van der Waals surface area contributed by atoms with E-state index in [4.69, 9.17) is 5.73 Å². The van der Waals surface area contributed by atoms with Gasteiger partial charge in [0.1, 0.15) is 5.69 Å². The summed E-state index contributed by atoms with van der Waals surface area (Å²) in [6, 6.07) is 14.9. The molecule has 0 fully saturated rings. The number of carbonyl (C=O) groups is 1. The number of halogens is 3. The predicted molar refractivity (Wildman–Crippen MR) is 89.9 cm³/mol. The van der Waals surface area contributed by atoms with E-state index in [-0.39, 0.29) is 5.69 Å². The first kappa shape index (κ1) is 17.3. The quantitative estimate of drug-likeness (QED) is 0.733. The molecule has 26 heavy (non-hydrogen) atoms. The lowest BCUT2D eigenvalue weighted by atomic mass is 9.97. The van der Waals surface area contributed by atoms with Crippen LogP contribution < -0.4 is 5.73 Å². The van der Waals surface area contributed by atoms with Crippen molar-refractivity contribution in [3.63, 3.8) is 0 Å². The minimum Gasteiger partial charge on any atom is -0.364 e. The van der Waals surface area contributed by atoms with Gasteiger partial charge in [-0.3, -0.25) is 4.79 Å². The summed E-state index contributed by atoms with van der Waals surface area (Å²) in [7, 11) is 0. The number of H-pyrrole nitrogens is 1. The van der Waals surface area contributed by atoms with Crippen LogP contribution >= 0.6 is 0 Å². The van der Waals surface area contributed by atoms with Crippen LogP contribution in [0.1, 0.15) is 21.6 Å². The van der Waals surface area contributed by atoms with E-state index < -0.39 is 17.6 Å². The lowest BCUT2D eigenvalue weighted by molar-refractivity contribution is -0.137. The first-order valence-corrected chi connectivity index (χ1v) is 7.50. The second kappa shape index (κ2) is 6.41. The van der Waals surface area contributed by atoms with Crippen LogP contribution in [0.25, 0.3) is 22.4 Å². The van der Waals surface area contributed by atoms with E-state index in [1.807, 2.05) is 0 Å². The molecule has 3 N–H and O–H groups in total. The van der Waals surface area contributed by atoms with Gasteiger partial charge in [0, 0.05) is 11.3 Å². The third-order valence-electron chi connectivity index (χ3n) is 3.93. The van der Waals surface area contributed by atoms with Crippen LogP contribution in [0.4, 0.5) is 13.2 Å². The summed E-state index contributed by atoms with van der Waals surface area (Å²) in [5.41, 5.74) is 7.30. The molecule has 130 valence electrons. The van der Waals surface area contributed by atoms with E-state index in [0.717, 1.165) is 12.1 Å². The Balaban J connectivity index is 1.99. The molecular weight excluding hydrogens is 343 g/mol. The molecule has 0 aliphatic rings. The monoisotopic (exact) mass is 355 g/mol. The smallest absolute Gasteiger partial charge is 0.364 e. The van der Waals surface area contributed by atoms with Crippen molar-refractivity contribution >= 4 is 5.91 Å². The Bertz CT molecular complexity index is 1010. The van der Waals surface area contributed by atoms with Gasteiger partial charge < -0.3 is 10.7 Å². The van der Waals surface area contributed by atoms with Crippen molar-refractivity contribution in [2.75, 3.05) is 0 Å². The average molecular weight is 355 g/mol. The summed E-state index contributed by atoms with van der Waals surface area (Å²) < 4.78 is 38.0. The van der Waals surface area contributed by atoms with E-state index in [1.165, 1.54) is 18.2 Å². The van der Waals surface area contributed by atoms with E-state index in [9.17, 15) is 23.2 Å². The minimum absolute atomic E-state index is 0.218. The van der Waals surface area contributed by atoms with Crippen LogP contribution in [0.3, 0.4) is 0 Å². The summed E-state index contributed by atoms with van der Waals surface area (Å²) in [4.78, 5) is 14.0. The standard InChI is InChI=1S/C19H12F3N3O/c20-19(21,22)14-4-1-11(2-5-14)12-3-6-15(13(9-12)10-23)16-7-8-17(25-16)18(24)26/h1-9,25H,(H2,24,26). The first-order chi connectivity index (χ1) is 12.3. The Labute approximate surface area is 146 Å². The van der Waals surface area contributed by atoms with E-state index in [0.29, 0.717) is 27.9 Å². The van der Waals surface area contributed by atoms with Crippen LogP contribution in [0, 0.1) is 11.3 Å². The summed E-state index contributed by atoms with van der Waals surface area (Å²) in [5, 5.41) is 9.41. The SMILES string of the molecule is N#Cc1cc(-c2ccc(C(F)(F)F)cc2)ccc1-c1ccc(C(N)=O)[nH]1. The Morgan fingerprint density at radius 1 is 1.00 bits per heavy atom. The third-order valence-corrected chi connectivity index (χ3v) is 3.93. The lowest BCUT2D eigenvalue weighted by Crippen LogP contribution is -2.11. The molecule has 1 amide bonds. The van der Waals surface area contributed by atoms with Crippen molar-refractivity contribution in [2.45, 2.75) is 6.18 Å². The highest BCUT2D eigenvalue weighted by molar-refractivity contribution is 5.92. The zero-order chi connectivity index (χ0) is 18.9. The molecule has 1 heterocycles. The maximum Gasteiger partial charge on any atom is 0.416 e. The van der Waals surface area contributed by atoms with Crippen molar-refractivity contribution < 1.29 is 18.0 Å². The molecule has 1 aromatic heterocycles. The van der Waals surface area contributed by atoms with Gasteiger partial charge in [0.05, 0.1) is 17.2 Å². The molecule has 0 saturated heterocycles. The van der Waals surface area contributed by atoms with Gasteiger partial charge in [0.15, 0.2) is 0 Å². The molecule has 0 bridgehead atoms. The van der Waals surface area contributed by atoms with Gasteiger partial charge >= 0.3 is 6.18 Å². The van der Waals surface area contributed by atoms with E-state index >= 15 is 0 Å². The lowest BCUT2D eigenvalue weighted by Gasteiger charge is -2.09. The normalized spacial score (nSPS) is 11.2. The van der Waals surface area contributed by atoms with Gasteiger partial charge in [-0.05, 0) is 41.5 Å². The number of rotatable bonds is 3. The summed E-state index contributed by atoms with van der Waals surface area (Å²) in [6.07, 6.45) is -4.40. The number of carbonyl (C=O) groups excluding carboxylic acids is 1. The fourth-order valence-corrected chi connectivity index (χ4v) is 2.60. The molecule has 0 unspecified atom stereocenters. The molecule has 0 radical (unpaired) electrons. The van der Waals surface area contributed by atoms with Crippen molar-refractivity contribution in [3.05, 3.63) is 71.4 Å². The molecule has 2 aromatic carbocycles. The second-order valence-electron chi connectivity index (χ2n) is 5.60. The van der Waals surface area contributed by atoms with Gasteiger partial charge in [-0.25, -0.2) is 0 Å². The number of nitrogens with two attached hydrogens (primary N) is 1. The van der Waals surface area contributed by atoms with E-state index in [1.54, 1.807) is 24.3 Å². The van der Waals surface area contributed by atoms with E-state index in [2.05, 4.69) is 11.1 Å². The Hall–Kier alpha value is -3.53. The van der Waals surface area contributed by atoms with Crippen LogP contribution in [0.5, 0.6) is 0 Å². The Morgan fingerprint density at radius 3 is 2.19 bits per heavy atom. The number of hydrogen-bond acceptors (Lipinski definition) is 2. The molecule has 0 aliphatic carbocycles. The highest BCUT2D eigenvalue weighted by Gasteiger charge is 2.30. The van der Waals surface area contributed by atoms with Gasteiger partial charge in [0.25, 0.3) is 5.91 Å². The number of benzene rings is 2. The number of amides is 1. The first-order valence-electron chi connectivity index (χ1n) is 7.50. The maximum atomic E-state index is 12.7. The number of hydrogen-bond donors (Lipinski definition) is 2. The number of primary amides is 1. The summed E-state index contributed by atoms with van der Waals surface area (Å²) >= 11 is 0. The highest BCUT2D eigenvalue weighted by atomic mass is 19.4. The molecule has 7 heteroatoms. The average Bonchev–Trinajstić information content (AvgIpc) is 3.11. The van der Waals surface area contributed by atoms with Crippen molar-refractivity contribution in [2.24, 2.45) is 5.73 Å². The molecule has 0 aliphatic heterocycles. The Morgan fingerprint density at radius 2 is 1.65 bits per heavy atom. The number of nitrogens with one attached hydrogen (secondary N) is 1. The highest BCUT2D eigenvalue weighted by Crippen LogP contribution is 2.32. The van der Waals surface area contributed by atoms with Crippen molar-refractivity contribution in [1.82, 2.24) is 4.98 Å². The van der Waals surface area contributed by atoms with Gasteiger partial charge in [0.2, 0.25) is 0 Å². The number of nitriles is 1. The molecule has 3 aromatic rings. The number of aromatic nitrogens is 1. The van der Waals surface area contributed by atoms with Crippen LogP contribution in [-0.4, -0.2) is 10.9 Å². The largest absolute Gasteiger partial charge is 0.416 e. The summed E-state index contributed by atoms with van der Waals surface area (Å²) in [5.74, 6) is -0.615. The van der Waals surface area contributed by atoms with Crippen LogP contribution in [0.15, 0.2) is 54.6 Å². The van der Waals surface area contributed by atoms with Gasteiger partial charge in [-0.2, -0.15) is 18.4 Å². The van der Waals surface area contributed by atoms with Crippen molar-refractivity contribution in [3.8, 4) is 28.5 Å². The molecule has 3 rings (SSSR count). The molecule has 0 saturated carbocycles. The van der Waals surface area contributed by atoms with Crippen LogP contribution in [0.2, 0.25) is 0 Å². The summed E-state index contributed by atoms with van der Waals surface area (Å²) in [6.45, 7) is 0. The third kappa shape index (κ3) is 3.30. The fraction of sp³-hybridized carbons (Fsp3) is 0.0526. The van der Waals surface area contributed by atoms with Crippen molar-refractivity contribution in [1.29, 1.82) is 5.26 Å². The Kier molecular flexibility index (Phi) is 4.26. The molecule has 4 nitrogen and oxygen atoms in total. The zero-order valence-corrected chi connectivity index (χ0v) is 13.3. The van der Waals surface area contributed by atoms with Gasteiger partial charge in [-0.1, -0.05) is 24.3 Å².